The summed E-state index contributed by atoms with van der Waals surface area (Å²) in [6.45, 7) is 4.06. The van der Waals surface area contributed by atoms with Crippen molar-refractivity contribution in [3.63, 3.8) is 0 Å². The Kier molecular flexibility index (Phi) is 4.24. The van der Waals surface area contributed by atoms with Crippen LogP contribution in [0.3, 0.4) is 0 Å². The number of carbonyl (C=O) groups is 1. The first-order valence-corrected chi connectivity index (χ1v) is 5.72. The third-order valence-electron chi connectivity index (χ3n) is 1.31. The summed E-state index contributed by atoms with van der Waals surface area (Å²) in [6.07, 6.45) is 1.73. The number of hydrogen-bond acceptors (Lipinski definition) is 5. The van der Waals surface area contributed by atoms with Gasteiger partial charge in [-0.05, 0) is 13.8 Å². The van der Waals surface area contributed by atoms with Gasteiger partial charge in [0.2, 0.25) is 0 Å². The van der Waals surface area contributed by atoms with Gasteiger partial charge in [-0.1, -0.05) is 11.8 Å². The number of thioether (sulfide) groups is 1. The van der Waals surface area contributed by atoms with E-state index in [0.29, 0.717) is 6.61 Å². The summed E-state index contributed by atoms with van der Waals surface area (Å²) in [6, 6.07) is 0. The number of thiazole rings is 1. The molecule has 13 heavy (non-hydrogen) atoms. The first-order chi connectivity index (χ1) is 6.24. The van der Waals surface area contributed by atoms with Crippen LogP contribution >= 0.6 is 23.1 Å². The third-order valence-corrected chi connectivity index (χ3v) is 3.30. The molecule has 72 valence electrons. The molecular weight excluding hydrogens is 206 g/mol. The molecule has 0 N–H and O–H groups in total. The second-order valence-electron chi connectivity index (χ2n) is 2.31. The second-order valence-corrected chi connectivity index (χ2v) is 4.79. The van der Waals surface area contributed by atoms with E-state index in [0.717, 1.165) is 4.34 Å². The van der Waals surface area contributed by atoms with Crippen molar-refractivity contribution in [2.45, 2.75) is 23.4 Å². The SMILES string of the molecule is CCOC(=O)C(C)Sc1nccs1. The summed E-state index contributed by atoms with van der Waals surface area (Å²) >= 11 is 2.96. The van der Waals surface area contributed by atoms with Crippen molar-refractivity contribution < 1.29 is 9.53 Å². The van der Waals surface area contributed by atoms with Gasteiger partial charge in [0.25, 0.3) is 0 Å². The van der Waals surface area contributed by atoms with Gasteiger partial charge in [-0.3, -0.25) is 4.79 Å². The van der Waals surface area contributed by atoms with Crippen molar-refractivity contribution in [1.29, 1.82) is 0 Å². The van der Waals surface area contributed by atoms with Crippen molar-refractivity contribution in [3.8, 4) is 0 Å². The fourth-order valence-corrected chi connectivity index (χ4v) is 2.50. The van der Waals surface area contributed by atoms with Crippen molar-refractivity contribution in [2.24, 2.45) is 0 Å². The first-order valence-electron chi connectivity index (χ1n) is 3.96. The maximum atomic E-state index is 11.2. The van der Waals surface area contributed by atoms with Gasteiger partial charge in [0.1, 0.15) is 5.25 Å². The summed E-state index contributed by atoms with van der Waals surface area (Å²) in [5.74, 6) is -0.178. The summed E-state index contributed by atoms with van der Waals surface area (Å²) in [5, 5.41) is 1.71. The molecule has 1 aromatic rings. The monoisotopic (exact) mass is 217 g/mol. The van der Waals surface area contributed by atoms with Crippen LogP contribution in [0.1, 0.15) is 13.8 Å². The molecule has 1 heterocycles. The summed E-state index contributed by atoms with van der Waals surface area (Å²) in [7, 11) is 0. The van der Waals surface area contributed by atoms with E-state index in [1.54, 1.807) is 13.1 Å². The van der Waals surface area contributed by atoms with Crippen molar-refractivity contribution in [3.05, 3.63) is 11.6 Å². The van der Waals surface area contributed by atoms with Crippen LogP contribution in [0.4, 0.5) is 0 Å². The number of nitrogens with zero attached hydrogens (tertiary/aromatic N) is 1. The minimum atomic E-state index is -0.178. The Morgan fingerprint density at radius 1 is 1.85 bits per heavy atom. The summed E-state index contributed by atoms with van der Waals surface area (Å²) < 4.78 is 5.77. The van der Waals surface area contributed by atoms with Gasteiger partial charge >= 0.3 is 5.97 Å². The van der Waals surface area contributed by atoms with Crippen LogP contribution in [0.5, 0.6) is 0 Å². The Bertz CT molecular complexity index is 261. The lowest BCUT2D eigenvalue weighted by molar-refractivity contribution is -0.142. The van der Waals surface area contributed by atoms with Gasteiger partial charge in [-0.15, -0.1) is 11.3 Å². The van der Waals surface area contributed by atoms with Crippen LogP contribution in [0, 0.1) is 0 Å². The molecule has 0 aliphatic rings. The average Bonchev–Trinajstić information content (AvgIpc) is 2.57. The highest BCUT2D eigenvalue weighted by atomic mass is 32.2. The number of rotatable bonds is 4. The van der Waals surface area contributed by atoms with Gasteiger partial charge in [-0.2, -0.15) is 0 Å². The number of esters is 1. The molecule has 0 amide bonds. The molecule has 1 aromatic heterocycles. The lowest BCUT2D eigenvalue weighted by Gasteiger charge is -2.07. The Morgan fingerprint density at radius 3 is 3.15 bits per heavy atom. The smallest absolute Gasteiger partial charge is 0.319 e. The van der Waals surface area contributed by atoms with E-state index in [9.17, 15) is 4.79 Å². The van der Waals surface area contributed by atoms with Crippen LogP contribution < -0.4 is 0 Å². The minimum Gasteiger partial charge on any atom is -0.465 e. The first kappa shape index (κ1) is 10.5. The molecule has 0 aliphatic heterocycles. The molecule has 0 aromatic carbocycles. The van der Waals surface area contributed by atoms with Gasteiger partial charge in [0.15, 0.2) is 4.34 Å². The summed E-state index contributed by atoms with van der Waals surface area (Å²) in [5.41, 5.74) is 0. The molecular formula is C8H11NO2S2. The molecule has 3 nitrogen and oxygen atoms in total. The maximum absolute atomic E-state index is 11.2. The standard InChI is InChI=1S/C8H11NO2S2/c1-3-11-7(10)6(2)13-8-9-4-5-12-8/h4-6H,3H2,1-2H3. The molecule has 1 unspecified atom stereocenters. The largest absolute Gasteiger partial charge is 0.465 e. The lowest BCUT2D eigenvalue weighted by atomic mass is 10.5. The van der Waals surface area contributed by atoms with Crippen LogP contribution in [-0.4, -0.2) is 22.8 Å². The maximum Gasteiger partial charge on any atom is 0.319 e. The molecule has 0 bridgehead atoms. The zero-order chi connectivity index (χ0) is 9.68. The molecule has 5 heteroatoms. The Labute approximate surface area is 85.5 Å². The number of ether oxygens (including phenoxy) is 1. The third kappa shape index (κ3) is 3.36. The minimum absolute atomic E-state index is 0.175. The van der Waals surface area contributed by atoms with Crippen LogP contribution in [0.15, 0.2) is 15.9 Å². The van der Waals surface area contributed by atoms with Crippen LogP contribution in [-0.2, 0) is 9.53 Å². The van der Waals surface area contributed by atoms with Crippen molar-refractivity contribution >= 4 is 29.1 Å². The number of hydrogen-bond donors (Lipinski definition) is 0. The van der Waals surface area contributed by atoms with E-state index in [4.69, 9.17) is 4.74 Å². The van der Waals surface area contributed by atoms with Gasteiger partial charge in [-0.25, -0.2) is 4.98 Å². The van der Waals surface area contributed by atoms with E-state index in [1.165, 1.54) is 23.1 Å². The highest BCUT2D eigenvalue weighted by Crippen LogP contribution is 2.25. The zero-order valence-electron chi connectivity index (χ0n) is 7.52. The fraction of sp³-hybridized carbons (Fsp3) is 0.500. The predicted molar refractivity (Wildman–Crippen MR) is 54.1 cm³/mol. The number of aromatic nitrogens is 1. The van der Waals surface area contributed by atoms with E-state index in [-0.39, 0.29) is 11.2 Å². The lowest BCUT2D eigenvalue weighted by Crippen LogP contribution is -2.16. The van der Waals surface area contributed by atoms with Crippen molar-refractivity contribution in [2.75, 3.05) is 6.61 Å². The Hall–Kier alpha value is -0.550. The average molecular weight is 217 g/mol. The molecule has 0 saturated carbocycles. The number of carbonyl (C=O) groups excluding carboxylic acids is 1. The molecule has 1 atom stereocenters. The molecule has 0 fully saturated rings. The predicted octanol–water partition coefficient (Wildman–Crippen LogP) is 2.19. The van der Waals surface area contributed by atoms with E-state index in [1.807, 2.05) is 12.3 Å². The van der Waals surface area contributed by atoms with Crippen LogP contribution in [0.2, 0.25) is 0 Å². The quantitative estimate of drug-likeness (QED) is 0.572. The van der Waals surface area contributed by atoms with E-state index in [2.05, 4.69) is 4.98 Å². The molecule has 1 rings (SSSR count). The fourth-order valence-electron chi connectivity index (χ4n) is 0.728. The van der Waals surface area contributed by atoms with Crippen LogP contribution in [0.25, 0.3) is 0 Å². The Balaban J connectivity index is 2.41. The summed E-state index contributed by atoms with van der Waals surface area (Å²) in [4.78, 5) is 15.3. The van der Waals surface area contributed by atoms with E-state index >= 15 is 0 Å². The normalized spacial score (nSPS) is 12.5. The van der Waals surface area contributed by atoms with Gasteiger partial charge in [0.05, 0.1) is 6.61 Å². The topological polar surface area (TPSA) is 39.2 Å². The molecule has 0 radical (unpaired) electrons. The highest BCUT2D eigenvalue weighted by Gasteiger charge is 2.16. The van der Waals surface area contributed by atoms with Gasteiger partial charge < -0.3 is 4.74 Å². The highest BCUT2D eigenvalue weighted by molar-refractivity contribution is 8.02. The zero-order valence-corrected chi connectivity index (χ0v) is 9.15. The van der Waals surface area contributed by atoms with Gasteiger partial charge in [0, 0.05) is 11.6 Å². The second kappa shape index (κ2) is 5.24. The van der Waals surface area contributed by atoms with E-state index < -0.39 is 0 Å². The van der Waals surface area contributed by atoms with Crippen molar-refractivity contribution in [1.82, 2.24) is 4.98 Å². The molecule has 0 aliphatic carbocycles. The molecule has 0 saturated heterocycles. The molecule has 0 spiro atoms. The Morgan fingerprint density at radius 2 is 2.62 bits per heavy atom.